The number of amides is 3. The second kappa shape index (κ2) is 13.7. The van der Waals surface area contributed by atoms with E-state index in [1.165, 1.54) is 12.1 Å². The first-order valence-electron chi connectivity index (χ1n) is 13.6. The van der Waals surface area contributed by atoms with E-state index in [1.54, 1.807) is 13.8 Å². The van der Waals surface area contributed by atoms with E-state index in [0.29, 0.717) is 12.1 Å². The van der Waals surface area contributed by atoms with Crippen molar-refractivity contribution in [3.8, 4) is 0 Å². The maximum Gasteiger partial charge on any atom is 0.419 e. The number of benzene rings is 3. The van der Waals surface area contributed by atoms with Crippen LogP contribution in [0.15, 0.2) is 48.5 Å². The fraction of sp³-hybridized carbons (Fsp3) is 0.300. The summed E-state index contributed by atoms with van der Waals surface area (Å²) in [5.74, 6) is -8.89. The highest BCUT2D eigenvalue weighted by Crippen LogP contribution is 2.65. The van der Waals surface area contributed by atoms with Crippen molar-refractivity contribution in [2.45, 2.75) is 42.8 Å². The zero-order valence-electron chi connectivity index (χ0n) is 23.8. The fourth-order valence-corrected chi connectivity index (χ4v) is 5.79. The molecule has 1 aliphatic carbocycles. The van der Waals surface area contributed by atoms with Gasteiger partial charge in [-0.25, -0.2) is 13.2 Å². The Morgan fingerprint density at radius 2 is 1.61 bits per heavy atom. The average molecular weight is 711 g/mol. The summed E-state index contributed by atoms with van der Waals surface area (Å²) in [6, 6.07) is 7.56. The molecule has 16 heteroatoms. The van der Waals surface area contributed by atoms with Gasteiger partial charge in [0.25, 0.3) is 11.8 Å². The lowest BCUT2D eigenvalue weighted by Gasteiger charge is -2.17. The summed E-state index contributed by atoms with van der Waals surface area (Å²) in [6.45, 7) is 3.48. The van der Waals surface area contributed by atoms with E-state index < -0.39 is 80.6 Å². The van der Waals surface area contributed by atoms with Crippen molar-refractivity contribution < 1.29 is 45.5 Å². The Morgan fingerprint density at radius 1 is 0.935 bits per heavy atom. The first-order chi connectivity index (χ1) is 21.5. The van der Waals surface area contributed by atoms with Gasteiger partial charge in [-0.05, 0) is 61.4 Å². The third kappa shape index (κ3) is 7.38. The first-order valence-corrected chi connectivity index (χ1v) is 14.7. The minimum absolute atomic E-state index is 0.0153. The van der Waals surface area contributed by atoms with Crippen LogP contribution in [0.4, 0.5) is 43.4 Å². The molecule has 1 fully saturated rings. The van der Waals surface area contributed by atoms with Gasteiger partial charge in [-0.15, -0.1) is 23.2 Å². The molecule has 1 unspecified atom stereocenters. The Bertz CT molecular complexity index is 1690. The molecule has 3 N–H and O–H groups in total. The highest BCUT2D eigenvalue weighted by atomic mass is 35.5. The Labute approximate surface area is 273 Å². The van der Waals surface area contributed by atoms with Crippen molar-refractivity contribution in [2.75, 3.05) is 22.6 Å². The van der Waals surface area contributed by atoms with Crippen molar-refractivity contribution in [3.05, 3.63) is 87.7 Å². The van der Waals surface area contributed by atoms with E-state index >= 15 is 4.39 Å². The van der Waals surface area contributed by atoms with Crippen molar-refractivity contribution in [1.82, 2.24) is 0 Å². The van der Waals surface area contributed by atoms with E-state index in [2.05, 4.69) is 16.0 Å². The molecule has 1 saturated carbocycles. The van der Waals surface area contributed by atoms with Crippen LogP contribution in [0.25, 0.3) is 0 Å². The molecule has 46 heavy (non-hydrogen) atoms. The van der Waals surface area contributed by atoms with Crippen molar-refractivity contribution in [2.24, 2.45) is 5.92 Å². The first kappa shape index (κ1) is 35.3. The molecule has 3 amide bonds. The predicted octanol–water partition coefficient (Wildman–Crippen LogP) is 8.31. The minimum atomic E-state index is -5.00. The van der Waals surface area contributed by atoms with Gasteiger partial charge in [-0.2, -0.15) is 13.2 Å². The van der Waals surface area contributed by atoms with Gasteiger partial charge >= 0.3 is 6.18 Å². The van der Waals surface area contributed by atoms with Gasteiger partial charge in [0, 0.05) is 18.2 Å². The molecule has 0 aromatic heterocycles. The maximum atomic E-state index is 15.2. The van der Waals surface area contributed by atoms with Gasteiger partial charge < -0.3 is 20.7 Å². The summed E-state index contributed by atoms with van der Waals surface area (Å²) in [7, 11) is 0. The molecular formula is C30H24Cl3F6N3O4. The Hall–Kier alpha value is -3.52. The second-order valence-corrected chi connectivity index (χ2v) is 12.0. The van der Waals surface area contributed by atoms with Gasteiger partial charge in [-0.3, -0.25) is 14.4 Å². The van der Waals surface area contributed by atoms with E-state index in [-0.39, 0.29) is 34.9 Å². The van der Waals surface area contributed by atoms with Gasteiger partial charge in [-0.1, -0.05) is 24.6 Å². The molecule has 4 rings (SSSR count). The van der Waals surface area contributed by atoms with Crippen LogP contribution in [0.3, 0.4) is 0 Å². The largest absolute Gasteiger partial charge is 0.419 e. The highest BCUT2D eigenvalue weighted by molar-refractivity contribution is 6.53. The molecule has 3 aromatic carbocycles. The third-order valence-electron chi connectivity index (χ3n) is 7.09. The summed E-state index contributed by atoms with van der Waals surface area (Å²) >= 11 is 18.6. The van der Waals surface area contributed by atoms with Gasteiger partial charge in [0.05, 0.1) is 27.8 Å². The number of carbonyl (C=O) groups excluding carboxylic acids is 3. The molecule has 0 radical (unpaired) electrons. The number of rotatable bonds is 10. The van der Waals surface area contributed by atoms with E-state index in [0.717, 1.165) is 24.3 Å². The molecule has 3 aromatic rings. The normalized spacial score (nSPS) is 17.6. The molecule has 0 aliphatic heterocycles. The van der Waals surface area contributed by atoms with Crippen LogP contribution >= 0.6 is 34.8 Å². The third-order valence-corrected chi connectivity index (χ3v) is 8.36. The van der Waals surface area contributed by atoms with Crippen LogP contribution in [-0.4, -0.2) is 34.8 Å². The van der Waals surface area contributed by atoms with Gasteiger partial charge in [0.15, 0.2) is 5.82 Å². The number of halogens is 9. The van der Waals surface area contributed by atoms with Crippen molar-refractivity contribution in [3.63, 3.8) is 0 Å². The number of anilines is 3. The fourth-order valence-electron chi connectivity index (χ4n) is 4.76. The second-order valence-electron chi connectivity index (χ2n) is 10.1. The topological polar surface area (TPSA) is 96.5 Å². The Morgan fingerprint density at radius 3 is 2.24 bits per heavy atom. The number of hydrogen-bond donors (Lipinski definition) is 3. The van der Waals surface area contributed by atoms with Gasteiger partial charge in [0.2, 0.25) is 5.91 Å². The van der Waals surface area contributed by atoms with E-state index in [1.807, 2.05) is 0 Å². The lowest BCUT2D eigenvalue weighted by Crippen LogP contribution is -2.30. The van der Waals surface area contributed by atoms with Crippen molar-refractivity contribution >= 4 is 69.6 Å². The summed E-state index contributed by atoms with van der Waals surface area (Å²) < 4.78 is 86.5. The minimum Gasteiger partial charge on any atom is -0.369 e. The number of nitrogens with one attached hydrogen (secondary N) is 3. The Balaban J connectivity index is 1.51. The van der Waals surface area contributed by atoms with Crippen LogP contribution in [-0.2, 0) is 20.5 Å². The SMILES string of the molecule is CCOC(CC)C(=O)Nc1c(F)ccc(NC(=O)c2cc(NC(=O)[C@H]3[C@H](c4ccc(F)c(C(F)(F)F)c4)C3(Cl)Cl)ccc2Cl)c1F. The number of carbonyl (C=O) groups is 3. The highest BCUT2D eigenvalue weighted by Gasteiger charge is 2.67. The molecule has 1 aliphatic rings. The summed E-state index contributed by atoms with van der Waals surface area (Å²) in [5, 5.41) is 6.68. The quantitative estimate of drug-likeness (QED) is 0.146. The average Bonchev–Trinajstić information content (AvgIpc) is 3.57. The molecule has 0 spiro atoms. The molecular weight excluding hydrogens is 687 g/mol. The number of hydrogen-bond acceptors (Lipinski definition) is 4. The van der Waals surface area contributed by atoms with Crippen LogP contribution in [0.5, 0.6) is 0 Å². The molecule has 246 valence electrons. The summed E-state index contributed by atoms with van der Waals surface area (Å²) in [5.41, 5.74) is -3.27. The lowest BCUT2D eigenvalue weighted by molar-refractivity contribution is -0.140. The van der Waals surface area contributed by atoms with Crippen LogP contribution in [0.1, 0.15) is 47.7 Å². The molecule has 0 heterocycles. The van der Waals surface area contributed by atoms with E-state index in [9.17, 15) is 36.3 Å². The van der Waals surface area contributed by atoms with Crippen LogP contribution < -0.4 is 16.0 Å². The summed E-state index contributed by atoms with van der Waals surface area (Å²) in [4.78, 5) is 38.6. The summed E-state index contributed by atoms with van der Waals surface area (Å²) in [6.07, 6.45) is -5.74. The van der Waals surface area contributed by atoms with Gasteiger partial charge in [0.1, 0.15) is 27.8 Å². The zero-order valence-corrected chi connectivity index (χ0v) is 26.1. The Kier molecular flexibility index (Phi) is 10.5. The maximum absolute atomic E-state index is 15.2. The standard InChI is InChI=1S/C30H24Cl3F6N3O4/c1-3-21(46-4-2)27(44)42-25-19(35)9-10-20(24(25)36)41-26(43)15-12-14(6-7-17(15)31)40-28(45)23-22(29(23,32)33)13-5-8-18(34)16(11-13)30(37,38)39/h5-12,21-23H,3-4H2,1-2H3,(H,40,45)(H,41,43)(H,42,44)/t21?,22-,23+/m0/s1. The van der Waals surface area contributed by atoms with Crippen LogP contribution in [0, 0.1) is 23.4 Å². The molecule has 0 saturated heterocycles. The predicted molar refractivity (Wildman–Crippen MR) is 161 cm³/mol. The van der Waals surface area contributed by atoms with Crippen molar-refractivity contribution in [1.29, 1.82) is 0 Å². The smallest absolute Gasteiger partial charge is 0.369 e. The zero-order chi connectivity index (χ0) is 34.1. The number of ether oxygens (including phenoxy) is 1. The number of alkyl halides is 5. The lowest BCUT2D eigenvalue weighted by atomic mass is 10.0. The van der Waals surface area contributed by atoms with Crippen LogP contribution in [0.2, 0.25) is 5.02 Å². The molecule has 3 atom stereocenters. The monoisotopic (exact) mass is 709 g/mol. The van der Waals surface area contributed by atoms with E-state index in [4.69, 9.17) is 39.5 Å². The molecule has 7 nitrogen and oxygen atoms in total. The molecule has 0 bridgehead atoms.